The summed E-state index contributed by atoms with van der Waals surface area (Å²) in [5, 5.41) is 8.09. The Morgan fingerprint density at radius 2 is 1.89 bits per heavy atom. The van der Waals surface area contributed by atoms with Gasteiger partial charge in [-0.2, -0.15) is 0 Å². The minimum absolute atomic E-state index is 0.0340. The number of nitrogen functional groups attached to an aromatic ring is 1. The van der Waals surface area contributed by atoms with Crippen LogP contribution in [0.3, 0.4) is 0 Å². The molecular formula is C14H16N4S. The van der Waals surface area contributed by atoms with Crippen LogP contribution in [0.5, 0.6) is 0 Å². The summed E-state index contributed by atoms with van der Waals surface area (Å²) in [5.41, 5.74) is 9.15. The maximum atomic E-state index is 7.46. The fraction of sp³-hybridized carbons (Fsp3) is 0.214. The average Bonchev–Trinajstić information content (AvgIpc) is 2.33. The number of amidine groups is 1. The van der Waals surface area contributed by atoms with Crippen molar-refractivity contribution in [2.75, 3.05) is 0 Å². The first-order valence-corrected chi connectivity index (χ1v) is 6.72. The highest BCUT2D eigenvalue weighted by molar-refractivity contribution is 7.99. The lowest BCUT2D eigenvalue weighted by molar-refractivity contribution is 0.920. The Bertz CT molecular complexity index is 637. The Labute approximate surface area is 117 Å². The molecule has 0 unspecified atom stereocenters. The van der Waals surface area contributed by atoms with E-state index < -0.39 is 0 Å². The van der Waals surface area contributed by atoms with E-state index in [4.69, 9.17) is 11.1 Å². The summed E-state index contributed by atoms with van der Waals surface area (Å²) < 4.78 is 0. The minimum Gasteiger partial charge on any atom is -0.382 e. The molecule has 0 radical (unpaired) electrons. The van der Waals surface area contributed by atoms with Crippen molar-refractivity contribution in [3.8, 4) is 0 Å². The van der Waals surface area contributed by atoms with Gasteiger partial charge in [0.1, 0.15) is 11.5 Å². The second-order valence-corrected chi connectivity index (χ2v) is 5.47. The molecular weight excluding hydrogens is 256 g/mol. The predicted molar refractivity (Wildman–Crippen MR) is 77.8 cm³/mol. The van der Waals surface area contributed by atoms with Crippen LogP contribution in [-0.4, -0.2) is 15.8 Å². The van der Waals surface area contributed by atoms with Crippen molar-refractivity contribution in [2.45, 2.75) is 30.8 Å². The van der Waals surface area contributed by atoms with E-state index in [1.54, 1.807) is 6.07 Å². The van der Waals surface area contributed by atoms with Gasteiger partial charge in [0.2, 0.25) is 0 Å². The molecule has 1 aromatic carbocycles. The normalized spacial score (nSPS) is 10.5. The average molecular weight is 272 g/mol. The molecule has 0 aliphatic rings. The molecule has 0 saturated heterocycles. The molecule has 2 rings (SSSR count). The maximum absolute atomic E-state index is 7.46. The molecule has 3 N–H and O–H groups in total. The van der Waals surface area contributed by atoms with Crippen LogP contribution in [-0.2, 0) is 0 Å². The van der Waals surface area contributed by atoms with Gasteiger partial charge < -0.3 is 5.73 Å². The lowest BCUT2D eigenvalue weighted by Gasteiger charge is -2.07. The zero-order valence-corrected chi connectivity index (χ0v) is 12.0. The molecule has 19 heavy (non-hydrogen) atoms. The summed E-state index contributed by atoms with van der Waals surface area (Å²) in [6.45, 7) is 5.99. The first-order valence-electron chi connectivity index (χ1n) is 5.91. The molecule has 0 bridgehead atoms. The summed E-state index contributed by atoms with van der Waals surface area (Å²) >= 11 is 1.50. The molecule has 0 atom stereocenters. The van der Waals surface area contributed by atoms with Crippen LogP contribution in [0.1, 0.15) is 22.5 Å². The van der Waals surface area contributed by atoms with Crippen molar-refractivity contribution in [1.82, 2.24) is 9.97 Å². The standard InChI is InChI=1S/C14H16N4S/c1-8-4-5-9(2)12(6-8)19-14-17-10(3)7-11(18-14)13(15)16/h4-7H,1-3H3,(H3,15,16). The van der Waals surface area contributed by atoms with Crippen LogP contribution in [0.2, 0.25) is 0 Å². The number of nitrogens with one attached hydrogen (secondary N) is 1. The van der Waals surface area contributed by atoms with Gasteiger partial charge in [0.25, 0.3) is 0 Å². The summed E-state index contributed by atoms with van der Waals surface area (Å²) in [5.74, 6) is -0.0340. The topological polar surface area (TPSA) is 75.7 Å². The quantitative estimate of drug-likeness (QED) is 0.512. The molecule has 1 aromatic heterocycles. The van der Waals surface area contributed by atoms with Crippen LogP contribution < -0.4 is 5.73 Å². The zero-order valence-electron chi connectivity index (χ0n) is 11.2. The fourth-order valence-corrected chi connectivity index (χ4v) is 2.64. The van der Waals surface area contributed by atoms with E-state index in [2.05, 4.69) is 42.0 Å². The summed E-state index contributed by atoms with van der Waals surface area (Å²) in [6, 6.07) is 7.99. The maximum Gasteiger partial charge on any atom is 0.193 e. The van der Waals surface area contributed by atoms with Gasteiger partial charge >= 0.3 is 0 Å². The van der Waals surface area contributed by atoms with Gasteiger partial charge in [-0.15, -0.1) is 0 Å². The van der Waals surface area contributed by atoms with E-state index >= 15 is 0 Å². The smallest absolute Gasteiger partial charge is 0.193 e. The monoisotopic (exact) mass is 272 g/mol. The van der Waals surface area contributed by atoms with Crippen molar-refractivity contribution in [2.24, 2.45) is 5.73 Å². The predicted octanol–water partition coefficient (Wildman–Crippen LogP) is 2.84. The molecule has 2 aromatic rings. The number of benzene rings is 1. The van der Waals surface area contributed by atoms with E-state index in [-0.39, 0.29) is 5.84 Å². The molecule has 1 heterocycles. The molecule has 98 valence electrons. The first kappa shape index (κ1) is 13.5. The third-order valence-electron chi connectivity index (χ3n) is 2.65. The number of aryl methyl sites for hydroxylation is 3. The van der Waals surface area contributed by atoms with E-state index in [1.807, 2.05) is 6.92 Å². The summed E-state index contributed by atoms with van der Waals surface area (Å²) in [6.07, 6.45) is 0. The zero-order chi connectivity index (χ0) is 14.0. The summed E-state index contributed by atoms with van der Waals surface area (Å²) in [4.78, 5) is 9.81. The molecule has 4 nitrogen and oxygen atoms in total. The minimum atomic E-state index is -0.0340. The van der Waals surface area contributed by atoms with E-state index in [0.717, 1.165) is 10.6 Å². The molecule has 0 fully saturated rings. The molecule has 0 aliphatic carbocycles. The number of aromatic nitrogens is 2. The van der Waals surface area contributed by atoms with Crippen LogP contribution in [0.4, 0.5) is 0 Å². The van der Waals surface area contributed by atoms with Crippen LogP contribution in [0, 0.1) is 26.2 Å². The lowest BCUT2D eigenvalue weighted by Crippen LogP contribution is -2.14. The van der Waals surface area contributed by atoms with Crippen LogP contribution in [0.15, 0.2) is 34.3 Å². The van der Waals surface area contributed by atoms with Gasteiger partial charge in [-0.1, -0.05) is 12.1 Å². The van der Waals surface area contributed by atoms with Crippen molar-refractivity contribution in [1.29, 1.82) is 5.41 Å². The highest BCUT2D eigenvalue weighted by Gasteiger charge is 2.08. The van der Waals surface area contributed by atoms with Crippen molar-refractivity contribution >= 4 is 17.6 Å². The van der Waals surface area contributed by atoms with Gasteiger partial charge in [0.05, 0.1) is 0 Å². The Morgan fingerprint density at radius 1 is 1.16 bits per heavy atom. The van der Waals surface area contributed by atoms with Crippen molar-refractivity contribution in [3.63, 3.8) is 0 Å². The van der Waals surface area contributed by atoms with Crippen molar-refractivity contribution < 1.29 is 0 Å². The van der Waals surface area contributed by atoms with Gasteiger partial charge in [0, 0.05) is 10.6 Å². The SMILES string of the molecule is Cc1ccc(C)c(Sc2nc(C)cc(C(=N)N)n2)c1. The number of hydrogen-bond acceptors (Lipinski definition) is 4. The van der Waals surface area contributed by atoms with Gasteiger partial charge in [-0.3, -0.25) is 5.41 Å². The Balaban J connectivity index is 2.38. The van der Waals surface area contributed by atoms with Gasteiger partial charge in [-0.25, -0.2) is 9.97 Å². The van der Waals surface area contributed by atoms with E-state index in [9.17, 15) is 0 Å². The Morgan fingerprint density at radius 3 is 2.58 bits per heavy atom. The number of rotatable bonds is 3. The molecule has 5 heteroatoms. The van der Waals surface area contributed by atoms with Crippen molar-refractivity contribution in [3.05, 3.63) is 46.8 Å². The van der Waals surface area contributed by atoms with Crippen LogP contribution in [0.25, 0.3) is 0 Å². The van der Waals surface area contributed by atoms with E-state index in [1.165, 1.54) is 22.9 Å². The van der Waals surface area contributed by atoms with E-state index in [0.29, 0.717) is 10.9 Å². The Kier molecular flexibility index (Phi) is 3.85. The molecule has 0 aliphatic heterocycles. The Hall–Kier alpha value is -1.88. The van der Waals surface area contributed by atoms with Crippen LogP contribution >= 0.6 is 11.8 Å². The number of nitrogens with two attached hydrogens (primary N) is 1. The molecule has 0 saturated carbocycles. The third kappa shape index (κ3) is 3.32. The second-order valence-electron chi connectivity index (χ2n) is 4.46. The highest BCUT2D eigenvalue weighted by Crippen LogP contribution is 2.28. The highest BCUT2D eigenvalue weighted by atomic mass is 32.2. The number of nitrogens with zero attached hydrogens (tertiary/aromatic N) is 2. The fourth-order valence-electron chi connectivity index (χ4n) is 1.64. The summed E-state index contributed by atoms with van der Waals surface area (Å²) in [7, 11) is 0. The largest absolute Gasteiger partial charge is 0.382 e. The molecule has 0 spiro atoms. The first-order chi connectivity index (χ1) is 8.95. The third-order valence-corrected chi connectivity index (χ3v) is 3.68. The van der Waals surface area contributed by atoms with Gasteiger partial charge in [0.15, 0.2) is 5.16 Å². The second kappa shape index (κ2) is 5.40. The lowest BCUT2D eigenvalue weighted by atomic mass is 10.2. The van der Waals surface area contributed by atoms with Gasteiger partial charge in [-0.05, 0) is 55.8 Å². The molecule has 0 amide bonds. The number of hydrogen-bond donors (Lipinski definition) is 2.